The zero-order valence-electron chi connectivity index (χ0n) is 16.4. The Hall–Kier alpha value is -2.76. The van der Waals surface area contributed by atoms with E-state index in [-0.39, 0.29) is 0 Å². The van der Waals surface area contributed by atoms with Crippen molar-refractivity contribution in [2.75, 3.05) is 38.7 Å². The van der Waals surface area contributed by atoms with Gasteiger partial charge in [0.2, 0.25) is 0 Å². The number of pyridine rings is 1. The van der Waals surface area contributed by atoms with E-state index in [1.165, 1.54) is 11.1 Å². The topological polar surface area (TPSA) is 61.8 Å². The van der Waals surface area contributed by atoms with E-state index in [0.29, 0.717) is 6.04 Å². The molecule has 0 radical (unpaired) electrons. The highest BCUT2D eigenvalue weighted by atomic mass is 16.5. The summed E-state index contributed by atoms with van der Waals surface area (Å²) in [5, 5.41) is 6.97. The Bertz CT molecular complexity index is 777. The van der Waals surface area contributed by atoms with Gasteiger partial charge in [-0.2, -0.15) is 0 Å². The minimum Gasteiger partial charge on any atom is -0.495 e. The van der Waals surface area contributed by atoms with Crippen LogP contribution in [0.5, 0.6) is 5.75 Å². The van der Waals surface area contributed by atoms with E-state index in [1.807, 2.05) is 31.6 Å². The largest absolute Gasteiger partial charge is 0.495 e. The van der Waals surface area contributed by atoms with E-state index in [2.05, 4.69) is 50.6 Å². The Morgan fingerprint density at radius 3 is 2.96 bits per heavy atom. The average molecular weight is 367 g/mol. The Labute approximate surface area is 161 Å². The maximum Gasteiger partial charge on any atom is 0.191 e. The first-order chi connectivity index (χ1) is 13.2. The van der Waals surface area contributed by atoms with E-state index < -0.39 is 0 Å². The fourth-order valence-corrected chi connectivity index (χ4v) is 3.47. The number of para-hydroxylation sites is 2. The first-order valence-corrected chi connectivity index (χ1v) is 9.46. The molecule has 0 bridgehead atoms. The van der Waals surface area contributed by atoms with Crippen LogP contribution >= 0.6 is 0 Å². The van der Waals surface area contributed by atoms with Gasteiger partial charge in [-0.3, -0.25) is 9.98 Å². The molecule has 27 heavy (non-hydrogen) atoms. The van der Waals surface area contributed by atoms with Crippen molar-refractivity contribution in [3.63, 3.8) is 0 Å². The van der Waals surface area contributed by atoms with Crippen molar-refractivity contribution < 1.29 is 4.74 Å². The minimum atomic E-state index is 0.365. The number of rotatable bonds is 6. The van der Waals surface area contributed by atoms with Gasteiger partial charge in [-0.25, -0.2) is 0 Å². The number of hydrogen-bond acceptors (Lipinski definition) is 4. The lowest BCUT2D eigenvalue weighted by molar-refractivity contribution is 0.415. The number of benzene rings is 1. The van der Waals surface area contributed by atoms with Gasteiger partial charge in [0.25, 0.3) is 0 Å². The van der Waals surface area contributed by atoms with Crippen LogP contribution in [0.2, 0.25) is 0 Å². The minimum absolute atomic E-state index is 0.365. The molecule has 1 atom stereocenters. The third kappa shape index (κ3) is 4.90. The Balaban J connectivity index is 1.50. The molecule has 1 unspecified atom stereocenters. The summed E-state index contributed by atoms with van der Waals surface area (Å²) in [4.78, 5) is 10.9. The Morgan fingerprint density at radius 1 is 1.33 bits per heavy atom. The van der Waals surface area contributed by atoms with Crippen LogP contribution in [0.15, 0.2) is 47.7 Å². The lowest BCUT2D eigenvalue weighted by Crippen LogP contribution is -2.45. The van der Waals surface area contributed by atoms with E-state index in [1.54, 1.807) is 7.11 Å². The third-order valence-corrected chi connectivity index (χ3v) is 5.00. The molecule has 0 spiro atoms. The van der Waals surface area contributed by atoms with Crippen LogP contribution in [0.25, 0.3) is 0 Å². The maximum atomic E-state index is 5.50. The highest BCUT2D eigenvalue weighted by molar-refractivity contribution is 5.80. The summed E-state index contributed by atoms with van der Waals surface area (Å²) in [6.07, 6.45) is 5.78. The fourth-order valence-electron chi connectivity index (χ4n) is 3.47. The number of nitrogens with one attached hydrogen (secondary N) is 2. The average Bonchev–Trinajstić information content (AvgIpc) is 3.17. The first kappa shape index (κ1) is 19.0. The number of anilines is 1. The molecule has 0 saturated carbocycles. The summed E-state index contributed by atoms with van der Waals surface area (Å²) >= 11 is 0. The molecule has 6 heteroatoms. The molecule has 0 aliphatic carbocycles. The zero-order chi connectivity index (χ0) is 19.1. The molecule has 2 aromatic rings. The van der Waals surface area contributed by atoms with Gasteiger partial charge in [0.15, 0.2) is 5.96 Å². The number of aromatic nitrogens is 1. The Kier molecular flexibility index (Phi) is 6.52. The van der Waals surface area contributed by atoms with E-state index in [9.17, 15) is 0 Å². The quantitative estimate of drug-likeness (QED) is 0.606. The van der Waals surface area contributed by atoms with E-state index >= 15 is 0 Å². The number of aliphatic imine (C=N–C) groups is 1. The van der Waals surface area contributed by atoms with Crippen molar-refractivity contribution in [1.82, 2.24) is 15.6 Å². The number of methoxy groups -OCH3 is 1. The lowest BCUT2D eigenvalue weighted by atomic mass is 10.1. The van der Waals surface area contributed by atoms with Gasteiger partial charge in [-0.1, -0.05) is 12.1 Å². The van der Waals surface area contributed by atoms with Gasteiger partial charge in [-0.05, 0) is 49.1 Å². The molecule has 1 fully saturated rings. The van der Waals surface area contributed by atoms with Crippen molar-refractivity contribution in [2.45, 2.75) is 25.8 Å². The molecular formula is C21H29N5O. The van der Waals surface area contributed by atoms with Crippen LogP contribution in [0.3, 0.4) is 0 Å². The van der Waals surface area contributed by atoms with Crippen molar-refractivity contribution in [2.24, 2.45) is 4.99 Å². The monoisotopic (exact) mass is 367 g/mol. The van der Waals surface area contributed by atoms with Gasteiger partial charge in [0.05, 0.1) is 12.8 Å². The predicted molar refractivity (Wildman–Crippen MR) is 111 cm³/mol. The van der Waals surface area contributed by atoms with E-state index in [0.717, 1.165) is 49.9 Å². The molecule has 3 rings (SSSR count). The summed E-state index contributed by atoms with van der Waals surface area (Å²) < 4.78 is 5.50. The summed E-state index contributed by atoms with van der Waals surface area (Å²) in [6.45, 7) is 4.88. The molecule has 1 aromatic heterocycles. The third-order valence-electron chi connectivity index (χ3n) is 5.00. The van der Waals surface area contributed by atoms with Gasteiger partial charge < -0.3 is 20.3 Å². The number of guanidine groups is 1. The molecule has 2 N–H and O–H groups in total. The van der Waals surface area contributed by atoms with Gasteiger partial charge in [0, 0.05) is 45.1 Å². The van der Waals surface area contributed by atoms with Crippen molar-refractivity contribution in [1.29, 1.82) is 0 Å². The fraction of sp³-hybridized carbons (Fsp3) is 0.429. The van der Waals surface area contributed by atoms with Crippen molar-refractivity contribution >= 4 is 11.6 Å². The second-order valence-electron chi connectivity index (χ2n) is 6.80. The smallest absolute Gasteiger partial charge is 0.191 e. The van der Waals surface area contributed by atoms with Gasteiger partial charge >= 0.3 is 0 Å². The van der Waals surface area contributed by atoms with Crippen LogP contribution in [-0.2, 0) is 6.42 Å². The van der Waals surface area contributed by atoms with Crippen LogP contribution in [0.1, 0.15) is 17.5 Å². The molecular weight excluding hydrogens is 338 g/mol. The highest BCUT2D eigenvalue weighted by Gasteiger charge is 2.25. The van der Waals surface area contributed by atoms with Crippen LogP contribution in [0.4, 0.5) is 5.69 Å². The molecule has 1 aromatic carbocycles. The molecule has 1 aliphatic rings. The first-order valence-electron chi connectivity index (χ1n) is 9.46. The SMILES string of the molecule is CN=C(NCCc1ccncc1C)NC1CCN(c2ccccc2OC)C1. The van der Waals surface area contributed by atoms with Crippen LogP contribution in [0, 0.1) is 6.92 Å². The summed E-state index contributed by atoms with van der Waals surface area (Å²) in [5.74, 6) is 1.78. The van der Waals surface area contributed by atoms with Gasteiger partial charge in [0.1, 0.15) is 5.75 Å². The number of nitrogens with zero attached hydrogens (tertiary/aromatic N) is 3. The molecule has 144 valence electrons. The predicted octanol–water partition coefficient (Wildman–Crippen LogP) is 2.39. The summed E-state index contributed by atoms with van der Waals surface area (Å²) in [5.41, 5.74) is 3.70. The van der Waals surface area contributed by atoms with Crippen LogP contribution < -0.4 is 20.3 Å². The highest BCUT2D eigenvalue weighted by Crippen LogP contribution is 2.30. The molecule has 1 aliphatic heterocycles. The van der Waals surface area contributed by atoms with Crippen LogP contribution in [-0.4, -0.2) is 50.8 Å². The molecule has 6 nitrogen and oxygen atoms in total. The van der Waals surface area contributed by atoms with E-state index in [4.69, 9.17) is 4.74 Å². The summed E-state index contributed by atoms with van der Waals surface area (Å²) in [7, 11) is 3.54. The zero-order valence-corrected chi connectivity index (χ0v) is 16.4. The second kappa shape index (κ2) is 9.26. The molecule has 1 saturated heterocycles. The summed E-state index contributed by atoms with van der Waals surface area (Å²) in [6, 6.07) is 10.6. The van der Waals surface area contributed by atoms with Gasteiger partial charge in [-0.15, -0.1) is 0 Å². The normalized spacial score (nSPS) is 17.1. The standard InChI is InChI=1S/C21H29N5O/c1-16-14-23-11-8-17(16)9-12-24-21(22-2)25-18-10-13-26(15-18)19-6-4-5-7-20(19)27-3/h4-8,11,14,18H,9-10,12-13,15H2,1-3H3,(H2,22,24,25). The van der Waals surface area contributed by atoms with Crippen molar-refractivity contribution in [3.8, 4) is 5.75 Å². The number of ether oxygens (including phenoxy) is 1. The molecule has 2 heterocycles. The number of aryl methyl sites for hydroxylation is 1. The van der Waals surface area contributed by atoms with Crippen molar-refractivity contribution in [3.05, 3.63) is 53.9 Å². The maximum absolute atomic E-state index is 5.50. The Morgan fingerprint density at radius 2 is 2.19 bits per heavy atom. The molecule has 0 amide bonds. The lowest BCUT2D eigenvalue weighted by Gasteiger charge is -2.22. The second-order valence-corrected chi connectivity index (χ2v) is 6.80. The number of hydrogen-bond donors (Lipinski definition) is 2.